The molecule has 0 aliphatic rings. The van der Waals surface area contributed by atoms with Crippen LogP contribution in [0.15, 0.2) is 47.1 Å². The van der Waals surface area contributed by atoms with Crippen LogP contribution in [0.2, 0.25) is 0 Å². The summed E-state index contributed by atoms with van der Waals surface area (Å²) in [5, 5.41) is 3.75. The van der Waals surface area contributed by atoms with Crippen LogP contribution in [-0.4, -0.2) is 42.8 Å². The maximum atomic E-state index is 11.7. The molecule has 0 bridgehead atoms. The van der Waals surface area contributed by atoms with E-state index in [-0.39, 0.29) is 12.0 Å². The van der Waals surface area contributed by atoms with E-state index in [1.54, 1.807) is 44.6 Å². The number of ether oxygens (including phenoxy) is 2. The molecule has 2 rings (SSSR count). The van der Waals surface area contributed by atoms with Gasteiger partial charge in [0.15, 0.2) is 5.11 Å². The molecule has 0 spiro atoms. The number of thiocarbonyl (C=S) groups is 1. The molecule has 0 amide bonds. The van der Waals surface area contributed by atoms with Crippen molar-refractivity contribution in [2.75, 3.05) is 32.2 Å². The largest absolute Gasteiger partial charge is 0.467 e. The average molecular weight is 376 g/mol. The number of methoxy groups -OCH3 is 1. The topological polar surface area (TPSA) is 63.9 Å². The van der Waals surface area contributed by atoms with Crippen molar-refractivity contribution in [2.24, 2.45) is 0 Å². The molecule has 0 aliphatic carbocycles. The van der Waals surface area contributed by atoms with Crippen LogP contribution in [0.5, 0.6) is 0 Å². The molecular formula is C19H24N2O4S. The van der Waals surface area contributed by atoms with Crippen LogP contribution in [0.3, 0.4) is 0 Å². The number of nitrogens with one attached hydrogen (secondary N) is 1. The first-order valence-corrected chi connectivity index (χ1v) is 8.84. The van der Waals surface area contributed by atoms with E-state index in [0.29, 0.717) is 30.4 Å². The van der Waals surface area contributed by atoms with Gasteiger partial charge in [-0.1, -0.05) is 0 Å². The van der Waals surface area contributed by atoms with Crippen molar-refractivity contribution < 1.29 is 18.7 Å². The smallest absolute Gasteiger partial charge is 0.338 e. The van der Waals surface area contributed by atoms with Gasteiger partial charge in [0.25, 0.3) is 0 Å². The fraction of sp³-hybridized carbons (Fsp3) is 0.368. The van der Waals surface area contributed by atoms with Crippen molar-refractivity contribution in [1.82, 2.24) is 4.90 Å². The van der Waals surface area contributed by atoms with Crippen molar-refractivity contribution in [1.29, 1.82) is 0 Å². The van der Waals surface area contributed by atoms with E-state index in [9.17, 15) is 4.79 Å². The number of hydrogen-bond donors (Lipinski definition) is 1. The molecule has 0 saturated heterocycles. The van der Waals surface area contributed by atoms with Crippen LogP contribution >= 0.6 is 12.2 Å². The lowest BCUT2D eigenvalue weighted by molar-refractivity contribution is 0.0526. The van der Waals surface area contributed by atoms with Gasteiger partial charge in [0.05, 0.1) is 31.1 Å². The number of anilines is 1. The highest BCUT2D eigenvalue weighted by Crippen LogP contribution is 2.22. The van der Waals surface area contributed by atoms with Gasteiger partial charge < -0.3 is 24.1 Å². The molecule has 140 valence electrons. The quantitative estimate of drug-likeness (QED) is 0.554. The fourth-order valence-corrected chi connectivity index (χ4v) is 2.81. The summed E-state index contributed by atoms with van der Waals surface area (Å²) in [5.74, 6) is 0.484. The Morgan fingerprint density at radius 1 is 1.31 bits per heavy atom. The number of furan rings is 1. The Balaban J connectivity index is 2.07. The van der Waals surface area contributed by atoms with Gasteiger partial charge >= 0.3 is 5.97 Å². The summed E-state index contributed by atoms with van der Waals surface area (Å²) in [6.07, 6.45) is 1.64. The molecule has 0 fully saturated rings. The molecule has 1 N–H and O–H groups in total. The van der Waals surface area contributed by atoms with Gasteiger partial charge in [-0.3, -0.25) is 0 Å². The first kappa shape index (κ1) is 19.9. The molecule has 0 saturated carbocycles. The zero-order valence-corrected chi connectivity index (χ0v) is 16.0. The molecule has 1 unspecified atom stereocenters. The highest BCUT2D eigenvalue weighted by Gasteiger charge is 2.21. The second kappa shape index (κ2) is 9.94. The van der Waals surface area contributed by atoms with Crippen LogP contribution in [-0.2, 0) is 9.47 Å². The molecular weight excluding hydrogens is 352 g/mol. The Morgan fingerprint density at radius 3 is 2.62 bits per heavy atom. The van der Waals surface area contributed by atoms with E-state index in [1.165, 1.54) is 0 Å². The number of carbonyl (C=O) groups excluding carboxylic acids is 1. The lowest BCUT2D eigenvalue weighted by Crippen LogP contribution is -2.39. The van der Waals surface area contributed by atoms with Crippen molar-refractivity contribution in [2.45, 2.75) is 19.9 Å². The highest BCUT2D eigenvalue weighted by atomic mass is 32.1. The first-order valence-electron chi connectivity index (χ1n) is 8.44. The van der Waals surface area contributed by atoms with Crippen molar-refractivity contribution in [3.63, 3.8) is 0 Å². The van der Waals surface area contributed by atoms with Gasteiger partial charge in [0.1, 0.15) is 5.76 Å². The van der Waals surface area contributed by atoms with Crippen molar-refractivity contribution in [3.8, 4) is 0 Å². The van der Waals surface area contributed by atoms with Crippen LogP contribution < -0.4 is 5.32 Å². The first-order chi connectivity index (χ1) is 12.6. The van der Waals surface area contributed by atoms with Gasteiger partial charge in [0.2, 0.25) is 0 Å². The predicted molar refractivity (Wildman–Crippen MR) is 104 cm³/mol. The lowest BCUT2D eigenvalue weighted by atomic mass is 10.2. The normalized spacial score (nSPS) is 11.7. The Labute approximate surface area is 159 Å². The number of carbonyl (C=O) groups is 1. The molecule has 1 atom stereocenters. The average Bonchev–Trinajstić information content (AvgIpc) is 3.17. The van der Waals surface area contributed by atoms with Crippen LogP contribution in [0, 0.1) is 0 Å². The van der Waals surface area contributed by atoms with Crippen LogP contribution in [0.25, 0.3) is 0 Å². The minimum absolute atomic E-state index is 0.0426. The lowest BCUT2D eigenvalue weighted by Gasteiger charge is -2.30. The number of nitrogens with zero attached hydrogens (tertiary/aromatic N) is 1. The second-order valence-corrected chi connectivity index (χ2v) is 5.99. The Kier molecular flexibility index (Phi) is 7.62. The molecule has 1 heterocycles. The van der Waals surface area contributed by atoms with E-state index in [1.807, 2.05) is 24.0 Å². The maximum absolute atomic E-state index is 11.7. The molecule has 1 aromatic carbocycles. The van der Waals surface area contributed by atoms with E-state index < -0.39 is 0 Å². The third-order valence-electron chi connectivity index (χ3n) is 3.87. The van der Waals surface area contributed by atoms with E-state index in [0.717, 1.165) is 11.4 Å². The summed E-state index contributed by atoms with van der Waals surface area (Å²) in [6, 6.07) is 10.7. The minimum Gasteiger partial charge on any atom is -0.467 e. The van der Waals surface area contributed by atoms with E-state index in [4.69, 9.17) is 26.1 Å². The minimum atomic E-state index is -0.338. The van der Waals surface area contributed by atoms with Gasteiger partial charge in [-0.25, -0.2) is 4.79 Å². The molecule has 1 aromatic heterocycles. The monoisotopic (exact) mass is 376 g/mol. The summed E-state index contributed by atoms with van der Waals surface area (Å²) in [4.78, 5) is 13.7. The molecule has 2 aromatic rings. The van der Waals surface area contributed by atoms with Gasteiger partial charge in [-0.05, 0) is 62.5 Å². The van der Waals surface area contributed by atoms with Crippen molar-refractivity contribution in [3.05, 3.63) is 54.0 Å². The van der Waals surface area contributed by atoms with E-state index in [2.05, 4.69) is 5.32 Å². The Bertz CT molecular complexity index is 701. The van der Waals surface area contributed by atoms with Gasteiger partial charge in [0, 0.05) is 19.3 Å². The predicted octanol–water partition coefficient (Wildman–Crippen LogP) is 3.86. The molecule has 26 heavy (non-hydrogen) atoms. The van der Waals surface area contributed by atoms with Crippen LogP contribution in [0.4, 0.5) is 5.69 Å². The maximum Gasteiger partial charge on any atom is 0.338 e. The zero-order valence-electron chi connectivity index (χ0n) is 15.2. The second-order valence-electron chi connectivity index (χ2n) is 5.61. The third kappa shape index (κ3) is 5.31. The summed E-state index contributed by atoms with van der Waals surface area (Å²) in [7, 11) is 1.65. The summed E-state index contributed by atoms with van der Waals surface area (Å²) >= 11 is 5.57. The summed E-state index contributed by atoms with van der Waals surface area (Å²) in [5.41, 5.74) is 1.29. The molecule has 7 heteroatoms. The SMILES string of the molecule is CCOC(=O)c1ccc(NC(=S)N(CCOC)C(C)c2ccco2)cc1. The zero-order chi connectivity index (χ0) is 18.9. The highest BCUT2D eigenvalue weighted by molar-refractivity contribution is 7.80. The Hall–Kier alpha value is -2.38. The fourth-order valence-electron chi connectivity index (χ4n) is 2.44. The van der Waals surface area contributed by atoms with Crippen LogP contribution in [0.1, 0.15) is 36.0 Å². The number of esters is 1. The Morgan fingerprint density at radius 2 is 2.04 bits per heavy atom. The standard InChI is InChI=1S/C19H24N2O4S/c1-4-24-18(22)15-7-9-16(10-8-15)20-19(26)21(11-13-23-3)14(2)17-6-5-12-25-17/h5-10,12,14H,4,11,13H2,1-3H3,(H,20,26). The van der Waals surface area contributed by atoms with Crippen molar-refractivity contribution >= 4 is 29.0 Å². The molecule has 6 nitrogen and oxygen atoms in total. The molecule has 0 radical (unpaired) electrons. The molecule has 0 aliphatic heterocycles. The summed E-state index contributed by atoms with van der Waals surface area (Å²) in [6.45, 7) is 5.30. The third-order valence-corrected chi connectivity index (χ3v) is 4.20. The van der Waals surface area contributed by atoms with Gasteiger partial charge in [-0.15, -0.1) is 0 Å². The van der Waals surface area contributed by atoms with E-state index >= 15 is 0 Å². The number of rotatable bonds is 8. The number of hydrogen-bond acceptors (Lipinski definition) is 5. The summed E-state index contributed by atoms with van der Waals surface area (Å²) < 4.78 is 15.7. The number of benzene rings is 1. The van der Waals surface area contributed by atoms with Gasteiger partial charge in [-0.2, -0.15) is 0 Å².